The summed E-state index contributed by atoms with van der Waals surface area (Å²) < 4.78 is 22.2. The number of aliphatic hydroxyl groups excluding tert-OH is 1. The summed E-state index contributed by atoms with van der Waals surface area (Å²) in [5.74, 6) is 0. The van der Waals surface area contributed by atoms with Gasteiger partial charge in [-0.3, -0.25) is 0 Å². The van der Waals surface area contributed by atoms with Crippen LogP contribution < -0.4 is 5.32 Å². The van der Waals surface area contributed by atoms with Crippen LogP contribution in [0.25, 0.3) is 0 Å². The first kappa shape index (κ1) is 17.0. The number of alkyl carbamates (subject to hydrolysis) is 1. The maximum absolute atomic E-state index is 12.2. The average Bonchev–Trinajstić information content (AvgIpc) is 2.93. The molecule has 132 valence electrons. The standard InChI is InChI=1S/C16H27NO6/c1-9-21-14-12(8-11(20-2)13(18)15(14)22-9)23-16(19)17-10-6-4-3-5-7-10/h9-15,18H,3-8H2,1-2H3,(H,17,19)/t9-,11-,12+,13-,14-,15+/m0/s1. The van der Waals surface area contributed by atoms with E-state index in [0.29, 0.717) is 6.42 Å². The smallest absolute Gasteiger partial charge is 0.407 e. The Morgan fingerprint density at radius 1 is 1.13 bits per heavy atom. The van der Waals surface area contributed by atoms with E-state index in [1.54, 1.807) is 6.92 Å². The lowest BCUT2D eigenvalue weighted by atomic mass is 9.87. The second kappa shape index (κ2) is 7.34. The zero-order chi connectivity index (χ0) is 16.4. The summed E-state index contributed by atoms with van der Waals surface area (Å²) in [6, 6.07) is 0.194. The molecule has 1 heterocycles. The van der Waals surface area contributed by atoms with Crippen molar-refractivity contribution in [2.45, 2.75) is 88.3 Å². The minimum atomic E-state index is -0.781. The lowest BCUT2D eigenvalue weighted by molar-refractivity contribution is -0.144. The molecule has 1 aliphatic heterocycles. The highest BCUT2D eigenvalue weighted by atomic mass is 16.7. The third kappa shape index (κ3) is 3.79. The zero-order valence-electron chi connectivity index (χ0n) is 13.8. The molecule has 0 unspecified atom stereocenters. The molecular formula is C16H27NO6. The van der Waals surface area contributed by atoms with Gasteiger partial charge in [-0.2, -0.15) is 0 Å². The molecule has 3 rings (SSSR count). The van der Waals surface area contributed by atoms with E-state index in [1.807, 2.05) is 0 Å². The molecule has 3 aliphatic rings. The molecule has 1 amide bonds. The fourth-order valence-corrected chi connectivity index (χ4v) is 3.85. The third-order valence-electron chi connectivity index (χ3n) is 5.06. The topological polar surface area (TPSA) is 86.3 Å². The van der Waals surface area contributed by atoms with Gasteiger partial charge in [-0.1, -0.05) is 19.3 Å². The van der Waals surface area contributed by atoms with Crippen LogP contribution in [0.2, 0.25) is 0 Å². The number of nitrogens with one attached hydrogen (secondary N) is 1. The first-order valence-electron chi connectivity index (χ1n) is 8.57. The van der Waals surface area contributed by atoms with Crippen LogP contribution in [0.5, 0.6) is 0 Å². The molecule has 2 saturated carbocycles. The van der Waals surface area contributed by atoms with Crippen molar-refractivity contribution in [3.63, 3.8) is 0 Å². The Labute approximate surface area is 136 Å². The van der Waals surface area contributed by atoms with E-state index < -0.39 is 42.9 Å². The molecule has 7 heteroatoms. The number of aliphatic hydroxyl groups is 1. The van der Waals surface area contributed by atoms with Gasteiger partial charge in [0.05, 0.1) is 6.10 Å². The van der Waals surface area contributed by atoms with Crippen LogP contribution >= 0.6 is 0 Å². The first-order chi connectivity index (χ1) is 11.1. The van der Waals surface area contributed by atoms with Crippen molar-refractivity contribution in [3.8, 4) is 0 Å². The summed E-state index contributed by atoms with van der Waals surface area (Å²) in [6.07, 6.45) is 2.39. The lowest BCUT2D eigenvalue weighted by Crippen LogP contribution is -2.56. The van der Waals surface area contributed by atoms with Crippen molar-refractivity contribution >= 4 is 6.09 Å². The lowest BCUT2D eigenvalue weighted by Gasteiger charge is -2.38. The Kier molecular flexibility index (Phi) is 5.41. The molecule has 2 N–H and O–H groups in total. The predicted molar refractivity (Wildman–Crippen MR) is 80.9 cm³/mol. The normalized spacial score (nSPS) is 41.3. The summed E-state index contributed by atoms with van der Waals surface area (Å²) in [6.45, 7) is 1.77. The number of carbonyl (C=O) groups excluding carboxylic acids is 1. The van der Waals surface area contributed by atoms with Gasteiger partial charge in [0.15, 0.2) is 6.29 Å². The summed E-state index contributed by atoms with van der Waals surface area (Å²) in [4.78, 5) is 12.2. The average molecular weight is 329 g/mol. The zero-order valence-corrected chi connectivity index (χ0v) is 13.8. The van der Waals surface area contributed by atoms with Gasteiger partial charge in [-0.25, -0.2) is 4.79 Å². The highest BCUT2D eigenvalue weighted by Crippen LogP contribution is 2.35. The van der Waals surface area contributed by atoms with Gasteiger partial charge >= 0.3 is 6.09 Å². The van der Waals surface area contributed by atoms with E-state index in [1.165, 1.54) is 13.5 Å². The van der Waals surface area contributed by atoms with Crippen molar-refractivity contribution in [2.24, 2.45) is 0 Å². The molecule has 0 spiro atoms. The quantitative estimate of drug-likeness (QED) is 0.812. The summed E-state index contributed by atoms with van der Waals surface area (Å²) in [5.41, 5.74) is 0. The Morgan fingerprint density at radius 3 is 2.52 bits per heavy atom. The third-order valence-corrected chi connectivity index (χ3v) is 5.06. The SMILES string of the molecule is CO[C@H]1C[C@@H](OC(=O)NC2CCCCC2)[C@@H]2O[C@H](C)O[C@@H]2[C@H]1O. The van der Waals surface area contributed by atoms with E-state index in [4.69, 9.17) is 18.9 Å². The molecule has 0 aromatic carbocycles. The van der Waals surface area contributed by atoms with Crippen LogP contribution in [0.15, 0.2) is 0 Å². The van der Waals surface area contributed by atoms with Crippen LogP contribution in [0.3, 0.4) is 0 Å². The fourth-order valence-electron chi connectivity index (χ4n) is 3.85. The molecule has 0 aromatic rings. The molecule has 0 aromatic heterocycles. The highest BCUT2D eigenvalue weighted by molar-refractivity contribution is 5.67. The Morgan fingerprint density at radius 2 is 1.83 bits per heavy atom. The number of amides is 1. The number of rotatable bonds is 3. The minimum Gasteiger partial charge on any atom is -0.443 e. The number of hydrogen-bond donors (Lipinski definition) is 2. The monoisotopic (exact) mass is 329 g/mol. The van der Waals surface area contributed by atoms with Crippen molar-refractivity contribution in [2.75, 3.05) is 7.11 Å². The summed E-state index contributed by atoms with van der Waals surface area (Å²) >= 11 is 0. The number of hydrogen-bond acceptors (Lipinski definition) is 6. The number of fused-ring (bicyclic) bond motifs is 1. The van der Waals surface area contributed by atoms with Crippen LogP contribution in [0.4, 0.5) is 4.79 Å². The molecule has 0 radical (unpaired) electrons. The Hall–Kier alpha value is -0.890. The first-order valence-corrected chi connectivity index (χ1v) is 8.57. The van der Waals surface area contributed by atoms with Crippen molar-refractivity contribution in [3.05, 3.63) is 0 Å². The second-order valence-corrected chi connectivity index (χ2v) is 6.69. The van der Waals surface area contributed by atoms with Gasteiger partial charge < -0.3 is 29.4 Å². The van der Waals surface area contributed by atoms with Crippen LogP contribution in [-0.4, -0.2) is 61.2 Å². The molecule has 23 heavy (non-hydrogen) atoms. The fraction of sp³-hybridized carbons (Fsp3) is 0.938. The maximum Gasteiger partial charge on any atom is 0.407 e. The summed E-state index contributed by atoms with van der Waals surface area (Å²) in [5, 5.41) is 13.2. The Balaban J connectivity index is 1.59. The molecule has 3 fully saturated rings. The molecule has 1 saturated heterocycles. The van der Waals surface area contributed by atoms with Gasteiger partial charge in [0.25, 0.3) is 0 Å². The van der Waals surface area contributed by atoms with Gasteiger partial charge in [-0.15, -0.1) is 0 Å². The molecule has 0 bridgehead atoms. The molecule has 2 aliphatic carbocycles. The maximum atomic E-state index is 12.2. The van der Waals surface area contributed by atoms with E-state index in [9.17, 15) is 9.90 Å². The van der Waals surface area contributed by atoms with Gasteiger partial charge in [0.2, 0.25) is 0 Å². The molecular weight excluding hydrogens is 302 g/mol. The predicted octanol–water partition coefficient (Wildman–Crippen LogP) is 1.32. The molecule has 7 nitrogen and oxygen atoms in total. The van der Waals surface area contributed by atoms with E-state index in [-0.39, 0.29) is 6.04 Å². The van der Waals surface area contributed by atoms with Crippen LogP contribution in [0.1, 0.15) is 45.4 Å². The highest BCUT2D eigenvalue weighted by Gasteiger charge is 2.52. The second-order valence-electron chi connectivity index (χ2n) is 6.69. The van der Waals surface area contributed by atoms with Crippen LogP contribution in [0, 0.1) is 0 Å². The van der Waals surface area contributed by atoms with Gasteiger partial charge in [0, 0.05) is 19.6 Å². The Bertz CT molecular complexity index is 413. The van der Waals surface area contributed by atoms with E-state index >= 15 is 0 Å². The largest absolute Gasteiger partial charge is 0.443 e. The van der Waals surface area contributed by atoms with Crippen LogP contribution in [-0.2, 0) is 18.9 Å². The number of carbonyl (C=O) groups is 1. The van der Waals surface area contributed by atoms with Crippen molar-refractivity contribution in [1.82, 2.24) is 5.32 Å². The van der Waals surface area contributed by atoms with Gasteiger partial charge in [0.1, 0.15) is 24.4 Å². The number of ether oxygens (including phenoxy) is 4. The van der Waals surface area contributed by atoms with Gasteiger partial charge in [-0.05, 0) is 19.8 Å². The minimum absolute atomic E-state index is 0.194. The van der Waals surface area contributed by atoms with Crippen molar-refractivity contribution in [1.29, 1.82) is 0 Å². The number of methoxy groups -OCH3 is 1. The van der Waals surface area contributed by atoms with Crippen molar-refractivity contribution < 1.29 is 28.8 Å². The molecule has 6 atom stereocenters. The summed E-state index contributed by atoms with van der Waals surface area (Å²) in [7, 11) is 1.53. The van der Waals surface area contributed by atoms with E-state index in [2.05, 4.69) is 5.32 Å². The van der Waals surface area contributed by atoms with E-state index in [0.717, 1.165) is 25.7 Å².